The molecule has 0 atom stereocenters. The van der Waals surface area contributed by atoms with Crippen molar-refractivity contribution in [1.29, 1.82) is 0 Å². The maximum Gasteiger partial charge on any atom is 0.293 e. The molecule has 11 heavy (non-hydrogen) atoms. The van der Waals surface area contributed by atoms with Gasteiger partial charge in [0.05, 0.1) is 0 Å². The average Bonchev–Trinajstić information content (AvgIpc) is 2.03. The summed E-state index contributed by atoms with van der Waals surface area (Å²) in [4.78, 5) is 9.87. The first kappa shape index (κ1) is 7.79. The van der Waals surface area contributed by atoms with E-state index in [4.69, 9.17) is 0 Å². The molecule has 0 saturated carbocycles. The highest BCUT2D eigenvalue weighted by atomic mass is 16.5. The first-order chi connectivity index (χ1) is 5.34. The summed E-state index contributed by atoms with van der Waals surface area (Å²) in [7, 11) is 0. The molecule has 0 aliphatic rings. The van der Waals surface area contributed by atoms with Gasteiger partial charge in [0, 0.05) is 0 Å². The van der Waals surface area contributed by atoms with Crippen LogP contribution < -0.4 is 0 Å². The molecular formula is C9H10O2. The van der Waals surface area contributed by atoms with E-state index in [0.717, 1.165) is 11.1 Å². The van der Waals surface area contributed by atoms with Gasteiger partial charge in [0.25, 0.3) is 6.47 Å². The van der Waals surface area contributed by atoms with Crippen molar-refractivity contribution in [2.75, 3.05) is 0 Å². The van der Waals surface area contributed by atoms with Crippen LogP contribution in [-0.2, 0) is 16.1 Å². The van der Waals surface area contributed by atoms with E-state index in [1.807, 2.05) is 31.2 Å². The smallest absolute Gasteiger partial charge is 0.293 e. The van der Waals surface area contributed by atoms with Crippen LogP contribution >= 0.6 is 0 Å². The predicted molar refractivity (Wildman–Crippen MR) is 42.0 cm³/mol. The summed E-state index contributed by atoms with van der Waals surface area (Å²) in [5.74, 6) is 0. The number of hydrogen-bond acceptors (Lipinski definition) is 2. The van der Waals surface area contributed by atoms with E-state index in [1.165, 1.54) is 0 Å². The molecular weight excluding hydrogens is 140 g/mol. The Morgan fingerprint density at radius 2 is 2.18 bits per heavy atom. The lowest BCUT2D eigenvalue weighted by Crippen LogP contribution is -1.92. The molecule has 1 aromatic rings. The van der Waals surface area contributed by atoms with Crippen LogP contribution in [0.4, 0.5) is 0 Å². The zero-order valence-corrected chi connectivity index (χ0v) is 6.41. The van der Waals surface area contributed by atoms with Gasteiger partial charge >= 0.3 is 0 Å². The van der Waals surface area contributed by atoms with Gasteiger partial charge in [-0.1, -0.05) is 24.3 Å². The summed E-state index contributed by atoms with van der Waals surface area (Å²) in [6, 6.07) is 7.82. The van der Waals surface area contributed by atoms with Crippen LogP contribution in [0.15, 0.2) is 24.3 Å². The van der Waals surface area contributed by atoms with Crippen molar-refractivity contribution >= 4 is 6.47 Å². The minimum atomic E-state index is 0.371. The lowest BCUT2D eigenvalue weighted by atomic mass is 10.1. The number of aryl methyl sites for hydroxylation is 1. The molecule has 0 N–H and O–H groups in total. The van der Waals surface area contributed by atoms with E-state index >= 15 is 0 Å². The van der Waals surface area contributed by atoms with Gasteiger partial charge in [-0.2, -0.15) is 0 Å². The number of carbonyl (C=O) groups excluding carboxylic acids is 1. The molecule has 0 unspecified atom stereocenters. The molecule has 2 heteroatoms. The van der Waals surface area contributed by atoms with E-state index in [2.05, 4.69) is 4.74 Å². The molecule has 0 amide bonds. The zero-order valence-electron chi connectivity index (χ0n) is 6.41. The van der Waals surface area contributed by atoms with E-state index in [0.29, 0.717) is 13.1 Å². The SMILES string of the molecule is Cc1ccccc1COC=O. The van der Waals surface area contributed by atoms with Gasteiger partial charge in [0.2, 0.25) is 0 Å². The molecule has 0 aromatic heterocycles. The molecule has 0 heterocycles. The lowest BCUT2D eigenvalue weighted by Gasteiger charge is -2.01. The predicted octanol–water partition coefficient (Wildman–Crippen LogP) is 1.67. The standard InChI is InChI=1S/C9H10O2/c1-8-4-2-3-5-9(8)6-11-7-10/h2-5,7H,6H2,1H3. The largest absolute Gasteiger partial charge is 0.463 e. The van der Waals surface area contributed by atoms with Crippen LogP contribution in [-0.4, -0.2) is 6.47 Å². The number of hydrogen-bond donors (Lipinski definition) is 0. The molecule has 0 bridgehead atoms. The molecule has 0 saturated heterocycles. The van der Waals surface area contributed by atoms with E-state index in [-0.39, 0.29) is 0 Å². The van der Waals surface area contributed by atoms with Gasteiger partial charge < -0.3 is 4.74 Å². The summed E-state index contributed by atoms with van der Waals surface area (Å²) >= 11 is 0. The summed E-state index contributed by atoms with van der Waals surface area (Å²) in [5.41, 5.74) is 2.20. The van der Waals surface area contributed by atoms with Crippen molar-refractivity contribution in [1.82, 2.24) is 0 Å². The average molecular weight is 150 g/mol. The second-order valence-corrected chi connectivity index (χ2v) is 2.33. The summed E-state index contributed by atoms with van der Waals surface area (Å²) in [6.07, 6.45) is 0. The second kappa shape index (κ2) is 3.76. The Kier molecular flexibility index (Phi) is 2.66. The third-order valence-corrected chi connectivity index (χ3v) is 1.57. The third kappa shape index (κ3) is 2.08. The van der Waals surface area contributed by atoms with Gasteiger partial charge in [-0.15, -0.1) is 0 Å². The fraction of sp³-hybridized carbons (Fsp3) is 0.222. The van der Waals surface area contributed by atoms with Crippen molar-refractivity contribution in [2.45, 2.75) is 13.5 Å². The molecule has 1 rings (SSSR count). The van der Waals surface area contributed by atoms with E-state index in [1.54, 1.807) is 0 Å². The third-order valence-electron chi connectivity index (χ3n) is 1.57. The summed E-state index contributed by atoms with van der Waals surface area (Å²) in [6.45, 7) is 2.83. The van der Waals surface area contributed by atoms with Crippen LogP contribution in [0.5, 0.6) is 0 Å². The normalized spacial score (nSPS) is 9.18. The van der Waals surface area contributed by atoms with Gasteiger partial charge in [0.15, 0.2) is 0 Å². The van der Waals surface area contributed by atoms with E-state index in [9.17, 15) is 4.79 Å². The van der Waals surface area contributed by atoms with Crippen molar-refractivity contribution < 1.29 is 9.53 Å². The summed E-state index contributed by atoms with van der Waals surface area (Å²) < 4.78 is 4.62. The maximum absolute atomic E-state index is 9.87. The van der Waals surface area contributed by atoms with Gasteiger partial charge in [-0.3, -0.25) is 4.79 Å². The Bertz CT molecular complexity index is 243. The minimum absolute atomic E-state index is 0.371. The summed E-state index contributed by atoms with van der Waals surface area (Å²) in [5, 5.41) is 0. The van der Waals surface area contributed by atoms with Crippen molar-refractivity contribution in [3.63, 3.8) is 0 Å². The van der Waals surface area contributed by atoms with Crippen molar-refractivity contribution in [3.05, 3.63) is 35.4 Å². The molecule has 2 nitrogen and oxygen atoms in total. The fourth-order valence-corrected chi connectivity index (χ4v) is 0.896. The topological polar surface area (TPSA) is 26.3 Å². The first-order valence-corrected chi connectivity index (χ1v) is 3.44. The Labute approximate surface area is 65.8 Å². The monoisotopic (exact) mass is 150 g/mol. The first-order valence-electron chi connectivity index (χ1n) is 3.44. The quantitative estimate of drug-likeness (QED) is 0.612. The van der Waals surface area contributed by atoms with Gasteiger partial charge in [0.1, 0.15) is 6.61 Å². The number of ether oxygens (including phenoxy) is 1. The minimum Gasteiger partial charge on any atom is -0.463 e. The zero-order chi connectivity index (χ0) is 8.10. The van der Waals surface area contributed by atoms with Gasteiger partial charge in [-0.05, 0) is 18.1 Å². The molecule has 0 radical (unpaired) electrons. The van der Waals surface area contributed by atoms with Gasteiger partial charge in [-0.25, -0.2) is 0 Å². The number of carbonyl (C=O) groups is 1. The Morgan fingerprint density at radius 3 is 2.82 bits per heavy atom. The number of benzene rings is 1. The second-order valence-electron chi connectivity index (χ2n) is 2.33. The van der Waals surface area contributed by atoms with E-state index < -0.39 is 0 Å². The maximum atomic E-state index is 9.87. The molecule has 58 valence electrons. The highest BCUT2D eigenvalue weighted by molar-refractivity contribution is 5.38. The van der Waals surface area contributed by atoms with Crippen LogP contribution in [0, 0.1) is 6.92 Å². The Hall–Kier alpha value is -1.31. The Morgan fingerprint density at radius 1 is 1.45 bits per heavy atom. The van der Waals surface area contributed by atoms with Crippen LogP contribution in [0.2, 0.25) is 0 Å². The van der Waals surface area contributed by atoms with Crippen molar-refractivity contribution in [3.8, 4) is 0 Å². The molecule has 0 fully saturated rings. The van der Waals surface area contributed by atoms with Crippen LogP contribution in [0.3, 0.4) is 0 Å². The highest BCUT2D eigenvalue weighted by Gasteiger charge is 1.94. The van der Waals surface area contributed by atoms with Crippen LogP contribution in [0.25, 0.3) is 0 Å². The molecule has 0 aliphatic heterocycles. The molecule has 0 spiro atoms. The van der Waals surface area contributed by atoms with Crippen molar-refractivity contribution in [2.24, 2.45) is 0 Å². The Balaban J connectivity index is 2.69. The lowest BCUT2D eigenvalue weighted by molar-refractivity contribution is -0.129. The fourth-order valence-electron chi connectivity index (χ4n) is 0.896. The molecule has 0 aliphatic carbocycles. The molecule has 1 aromatic carbocycles. The highest BCUT2D eigenvalue weighted by Crippen LogP contribution is 2.06. The van der Waals surface area contributed by atoms with Crippen LogP contribution in [0.1, 0.15) is 11.1 Å². The number of rotatable bonds is 3.